The number of benzene rings is 3. The first kappa shape index (κ1) is 26.0. The molecule has 4 rings (SSSR count). The molecule has 0 spiro atoms. The fourth-order valence-electron chi connectivity index (χ4n) is 3.54. The number of nitrogens with one attached hydrogen (secondary N) is 2. The van der Waals surface area contributed by atoms with E-state index < -0.39 is 34.2 Å². The molecule has 0 saturated carbocycles. The standard InChI is InChI=1S/C26H19ClN4O7/c1-15-9-10-17(12-21(15)27)28-23(32)14-38-22-8-3-2-5-16(22)11-20-24(33)29-26(35)30(25(20)34)18-6-4-7-19(13-18)31(36)37/h2-13H,14H2,1H3,(H,28,32)(H,29,33,35)/b20-11-. The Morgan fingerprint density at radius 3 is 2.61 bits per heavy atom. The van der Waals surface area contributed by atoms with Gasteiger partial charge in [0.2, 0.25) is 0 Å². The van der Waals surface area contributed by atoms with Crippen molar-refractivity contribution in [1.29, 1.82) is 0 Å². The highest BCUT2D eigenvalue weighted by Gasteiger charge is 2.37. The van der Waals surface area contributed by atoms with Crippen LogP contribution < -0.4 is 20.3 Å². The number of amides is 5. The fourth-order valence-corrected chi connectivity index (χ4v) is 3.72. The molecule has 0 aromatic heterocycles. The molecule has 11 nitrogen and oxygen atoms in total. The Balaban J connectivity index is 1.55. The van der Waals surface area contributed by atoms with Crippen molar-refractivity contribution in [1.82, 2.24) is 5.32 Å². The van der Waals surface area contributed by atoms with Crippen molar-refractivity contribution in [2.75, 3.05) is 16.8 Å². The predicted octanol–water partition coefficient (Wildman–Crippen LogP) is 4.24. The van der Waals surface area contributed by atoms with E-state index in [9.17, 15) is 29.3 Å². The highest BCUT2D eigenvalue weighted by molar-refractivity contribution is 6.39. The second-order valence-corrected chi connectivity index (χ2v) is 8.48. The molecule has 3 aromatic carbocycles. The topological polar surface area (TPSA) is 148 Å². The number of barbiturate groups is 1. The van der Waals surface area contributed by atoms with Crippen LogP contribution in [0.1, 0.15) is 11.1 Å². The van der Waals surface area contributed by atoms with Crippen molar-refractivity contribution < 1.29 is 28.8 Å². The van der Waals surface area contributed by atoms with E-state index in [1.54, 1.807) is 36.4 Å². The number of halogens is 1. The van der Waals surface area contributed by atoms with Crippen LogP contribution >= 0.6 is 11.6 Å². The number of carbonyl (C=O) groups is 4. The molecular formula is C26H19ClN4O7. The third-order valence-electron chi connectivity index (χ3n) is 5.43. The molecule has 0 unspecified atom stereocenters. The summed E-state index contributed by atoms with van der Waals surface area (Å²) < 4.78 is 5.62. The number of aryl methyl sites for hydroxylation is 1. The molecule has 2 N–H and O–H groups in total. The first-order chi connectivity index (χ1) is 18.1. The van der Waals surface area contributed by atoms with E-state index in [-0.39, 0.29) is 29.3 Å². The maximum atomic E-state index is 13.2. The van der Waals surface area contributed by atoms with Crippen molar-refractivity contribution in [3.05, 3.63) is 98.6 Å². The summed E-state index contributed by atoms with van der Waals surface area (Å²) >= 11 is 6.08. The second-order valence-electron chi connectivity index (χ2n) is 8.07. The van der Waals surface area contributed by atoms with E-state index in [4.69, 9.17) is 16.3 Å². The SMILES string of the molecule is Cc1ccc(NC(=O)COc2ccccc2/C=C2/C(=O)NC(=O)N(c3cccc([N+](=O)[O-])c3)C2=O)cc1Cl. The minimum Gasteiger partial charge on any atom is -0.483 e. The minimum absolute atomic E-state index is 0.0856. The van der Waals surface area contributed by atoms with Crippen LogP contribution in [0.25, 0.3) is 6.08 Å². The Morgan fingerprint density at radius 1 is 1.11 bits per heavy atom. The summed E-state index contributed by atoms with van der Waals surface area (Å²) in [6, 6.07) is 15.3. The monoisotopic (exact) mass is 534 g/mol. The van der Waals surface area contributed by atoms with Gasteiger partial charge in [0.15, 0.2) is 6.61 Å². The predicted molar refractivity (Wildman–Crippen MR) is 139 cm³/mol. The number of imide groups is 2. The summed E-state index contributed by atoms with van der Waals surface area (Å²) in [6.45, 7) is 1.45. The molecule has 5 amide bonds. The maximum Gasteiger partial charge on any atom is 0.335 e. The van der Waals surface area contributed by atoms with Crippen molar-refractivity contribution >= 4 is 58.5 Å². The summed E-state index contributed by atoms with van der Waals surface area (Å²) in [5.74, 6) is -2.22. The van der Waals surface area contributed by atoms with E-state index in [0.29, 0.717) is 15.6 Å². The number of nitro benzene ring substituents is 1. The van der Waals surface area contributed by atoms with Crippen LogP contribution in [-0.4, -0.2) is 35.3 Å². The lowest BCUT2D eigenvalue weighted by Gasteiger charge is -2.26. The molecular weight excluding hydrogens is 516 g/mol. The van der Waals surface area contributed by atoms with Gasteiger partial charge in [-0.15, -0.1) is 0 Å². The number of ether oxygens (including phenoxy) is 1. The number of hydrogen-bond acceptors (Lipinski definition) is 7. The Morgan fingerprint density at radius 2 is 1.87 bits per heavy atom. The zero-order valence-corrected chi connectivity index (χ0v) is 20.5. The lowest BCUT2D eigenvalue weighted by Crippen LogP contribution is -2.54. The number of anilines is 2. The van der Waals surface area contributed by atoms with Gasteiger partial charge in [-0.05, 0) is 42.8 Å². The van der Waals surface area contributed by atoms with Crippen molar-refractivity contribution in [2.24, 2.45) is 0 Å². The molecule has 1 aliphatic rings. The highest BCUT2D eigenvalue weighted by Crippen LogP contribution is 2.27. The lowest BCUT2D eigenvalue weighted by molar-refractivity contribution is -0.384. The highest BCUT2D eigenvalue weighted by atomic mass is 35.5. The van der Waals surface area contributed by atoms with Crippen molar-refractivity contribution in [2.45, 2.75) is 6.92 Å². The van der Waals surface area contributed by atoms with Crippen LogP contribution in [0.5, 0.6) is 5.75 Å². The van der Waals surface area contributed by atoms with E-state index in [2.05, 4.69) is 10.6 Å². The van der Waals surface area contributed by atoms with Crippen molar-refractivity contribution in [3.8, 4) is 5.75 Å². The smallest absolute Gasteiger partial charge is 0.335 e. The van der Waals surface area contributed by atoms with Gasteiger partial charge in [0.05, 0.1) is 10.6 Å². The average molecular weight is 535 g/mol. The molecule has 1 aliphatic heterocycles. The van der Waals surface area contributed by atoms with Gasteiger partial charge in [-0.2, -0.15) is 0 Å². The zero-order chi connectivity index (χ0) is 27.4. The molecule has 192 valence electrons. The van der Waals surface area contributed by atoms with Gasteiger partial charge in [-0.3, -0.25) is 29.8 Å². The normalized spacial score (nSPS) is 14.3. The summed E-state index contributed by atoms with van der Waals surface area (Å²) in [5, 5.41) is 16.3. The lowest BCUT2D eigenvalue weighted by atomic mass is 10.1. The molecule has 3 aromatic rings. The second kappa shape index (κ2) is 10.9. The van der Waals surface area contributed by atoms with E-state index in [1.165, 1.54) is 30.3 Å². The third kappa shape index (κ3) is 5.68. The number of hydrogen-bond donors (Lipinski definition) is 2. The van der Waals surface area contributed by atoms with Crippen molar-refractivity contribution in [3.63, 3.8) is 0 Å². The van der Waals surface area contributed by atoms with Gasteiger partial charge in [-0.25, -0.2) is 9.69 Å². The number of urea groups is 1. The summed E-state index contributed by atoms with van der Waals surface area (Å²) in [7, 11) is 0. The molecule has 1 saturated heterocycles. The molecule has 1 fully saturated rings. The summed E-state index contributed by atoms with van der Waals surface area (Å²) in [6.07, 6.45) is 1.21. The van der Waals surface area contributed by atoms with Gasteiger partial charge in [0.1, 0.15) is 11.3 Å². The molecule has 0 bridgehead atoms. The molecule has 0 atom stereocenters. The molecule has 12 heteroatoms. The molecule has 0 radical (unpaired) electrons. The van der Waals surface area contributed by atoms with Gasteiger partial charge in [0, 0.05) is 28.4 Å². The van der Waals surface area contributed by atoms with Gasteiger partial charge >= 0.3 is 6.03 Å². The van der Waals surface area contributed by atoms with Gasteiger partial charge in [0.25, 0.3) is 23.4 Å². The summed E-state index contributed by atoms with van der Waals surface area (Å²) in [4.78, 5) is 61.6. The van der Waals surface area contributed by atoms with Crippen LogP contribution in [0.15, 0.2) is 72.3 Å². The van der Waals surface area contributed by atoms with Crippen LogP contribution in [0.4, 0.5) is 21.9 Å². The number of rotatable bonds is 7. The number of nitro groups is 1. The van der Waals surface area contributed by atoms with E-state index in [0.717, 1.165) is 11.6 Å². The van der Waals surface area contributed by atoms with Crippen LogP contribution in [0, 0.1) is 17.0 Å². The van der Waals surface area contributed by atoms with Crippen LogP contribution in [0.2, 0.25) is 5.02 Å². The Kier molecular flexibility index (Phi) is 7.49. The number of para-hydroxylation sites is 1. The molecule has 38 heavy (non-hydrogen) atoms. The third-order valence-corrected chi connectivity index (χ3v) is 5.84. The Labute approximate surface area is 220 Å². The van der Waals surface area contributed by atoms with Crippen LogP contribution in [0.3, 0.4) is 0 Å². The fraction of sp³-hybridized carbons (Fsp3) is 0.0769. The Hall–Kier alpha value is -5.03. The minimum atomic E-state index is -1.05. The van der Waals surface area contributed by atoms with Gasteiger partial charge < -0.3 is 10.1 Å². The van der Waals surface area contributed by atoms with E-state index >= 15 is 0 Å². The molecule has 1 heterocycles. The largest absolute Gasteiger partial charge is 0.483 e. The molecule has 0 aliphatic carbocycles. The van der Waals surface area contributed by atoms with E-state index in [1.807, 2.05) is 6.92 Å². The quantitative estimate of drug-likeness (QED) is 0.199. The maximum absolute atomic E-state index is 13.2. The Bertz CT molecular complexity index is 1520. The first-order valence-corrected chi connectivity index (χ1v) is 11.5. The number of non-ortho nitro benzene ring substituents is 1. The van der Waals surface area contributed by atoms with Gasteiger partial charge in [-0.1, -0.05) is 41.9 Å². The zero-order valence-electron chi connectivity index (χ0n) is 19.8. The summed E-state index contributed by atoms with van der Waals surface area (Å²) in [5.41, 5.74) is 0.791. The van der Waals surface area contributed by atoms with Crippen LogP contribution in [-0.2, 0) is 14.4 Å². The average Bonchev–Trinajstić information content (AvgIpc) is 2.88. The number of nitrogens with zero attached hydrogens (tertiary/aromatic N) is 2. The number of carbonyl (C=O) groups excluding carboxylic acids is 4. The first-order valence-electron chi connectivity index (χ1n) is 11.1.